The summed E-state index contributed by atoms with van der Waals surface area (Å²) in [4.78, 5) is 14.0. The second-order valence-corrected chi connectivity index (χ2v) is 5.42. The highest BCUT2D eigenvalue weighted by Crippen LogP contribution is 2.22. The lowest BCUT2D eigenvalue weighted by Gasteiger charge is -2.22. The van der Waals surface area contributed by atoms with Crippen LogP contribution in [0.5, 0.6) is 0 Å². The van der Waals surface area contributed by atoms with E-state index in [0.29, 0.717) is 6.61 Å². The normalized spacial score (nSPS) is 20.0. The lowest BCUT2D eigenvalue weighted by Crippen LogP contribution is -2.36. The van der Waals surface area contributed by atoms with Crippen LogP contribution in [0.3, 0.4) is 0 Å². The molecule has 2 rings (SSSR count). The Morgan fingerprint density at radius 1 is 1.44 bits per heavy atom. The van der Waals surface area contributed by atoms with E-state index < -0.39 is 0 Å². The van der Waals surface area contributed by atoms with E-state index in [0.717, 1.165) is 30.4 Å². The number of likely N-dealkylation sites (tertiary alicyclic amines) is 1. The van der Waals surface area contributed by atoms with Gasteiger partial charge in [0.25, 0.3) is 0 Å². The van der Waals surface area contributed by atoms with Gasteiger partial charge in [-0.1, -0.05) is 28.1 Å². The Hall–Kier alpha value is -0.870. The number of nitrogens with zero attached hydrogens (tertiary/aromatic N) is 1. The molecule has 0 aliphatic carbocycles. The summed E-state index contributed by atoms with van der Waals surface area (Å²) in [6, 6.07) is 8.18. The first-order chi connectivity index (χ1) is 8.70. The van der Waals surface area contributed by atoms with Crippen LogP contribution in [-0.4, -0.2) is 30.1 Å². The molecule has 1 aromatic carbocycles. The number of esters is 1. The van der Waals surface area contributed by atoms with E-state index >= 15 is 0 Å². The maximum absolute atomic E-state index is 11.8. The van der Waals surface area contributed by atoms with E-state index in [1.54, 1.807) is 0 Å². The zero-order valence-electron chi connectivity index (χ0n) is 10.6. The molecule has 4 heteroatoms. The molecule has 0 N–H and O–H groups in total. The van der Waals surface area contributed by atoms with Crippen LogP contribution in [0.2, 0.25) is 0 Å². The molecule has 1 aliphatic heterocycles. The zero-order valence-corrected chi connectivity index (χ0v) is 12.1. The first-order valence-electron chi connectivity index (χ1n) is 6.36. The fraction of sp³-hybridized carbons (Fsp3) is 0.500. The SMILES string of the molecule is CCOC(=O)C1CCCN1Cc1ccc(Br)cc1. The number of carbonyl (C=O) groups is 1. The number of benzene rings is 1. The van der Waals surface area contributed by atoms with Crippen LogP contribution in [0.25, 0.3) is 0 Å². The lowest BCUT2D eigenvalue weighted by atomic mass is 10.2. The van der Waals surface area contributed by atoms with Gasteiger partial charge in [-0.2, -0.15) is 0 Å². The molecule has 0 amide bonds. The van der Waals surface area contributed by atoms with Gasteiger partial charge in [0, 0.05) is 11.0 Å². The van der Waals surface area contributed by atoms with Gasteiger partial charge in [-0.25, -0.2) is 0 Å². The van der Waals surface area contributed by atoms with Crippen LogP contribution >= 0.6 is 15.9 Å². The van der Waals surface area contributed by atoms with Crippen LogP contribution < -0.4 is 0 Å². The lowest BCUT2D eigenvalue weighted by molar-refractivity contribution is -0.148. The molecule has 1 aliphatic rings. The van der Waals surface area contributed by atoms with E-state index in [1.165, 1.54) is 5.56 Å². The molecular weight excluding hydrogens is 294 g/mol. The summed E-state index contributed by atoms with van der Waals surface area (Å²) >= 11 is 3.43. The summed E-state index contributed by atoms with van der Waals surface area (Å²) in [6.07, 6.45) is 1.98. The van der Waals surface area contributed by atoms with Crippen molar-refractivity contribution in [2.24, 2.45) is 0 Å². The Morgan fingerprint density at radius 2 is 2.17 bits per heavy atom. The average Bonchev–Trinajstić information content (AvgIpc) is 2.81. The number of hydrogen-bond acceptors (Lipinski definition) is 3. The molecular formula is C14H18BrNO2. The number of carbonyl (C=O) groups excluding carboxylic acids is 1. The fourth-order valence-electron chi connectivity index (χ4n) is 2.35. The van der Waals surface area contributed by atoms with E-state index in [4.69, 9.17) is 4.74 Å². The van der Waals surface area contributed by atoms with Gasteiger partial charge in [-0.15, -0.1) is 0 Å². The van der Waals surface area contributed by atoms with Crippen LogP contribution in [0.4, 0.5) is 0 Å². The van der Waals surface area contributed by atoms with Crippen molar-refractivity contribution in [3.63, 3.8) is 0 Å². The largest absolute Gasteiger partial charge is 0.465 e. The molecule has 98 valence electrons. The summed E-state index contributed by atoms with van der Waals surface area (Å²) in [5.41, 5.74) is 1.23. The molecule has 18 heavy (non-hydrogen) atoms. The predicted octanol–water partition coefficient (Wildman–Crippen LogP) is 2.98. The van der Waals surface area contributed by atoms with Gasteiger partial charge < -0.3 is 4.74 Å². The summed E-state index contributed by atoms with van der Waals surface area (Å²) in [7, 11) is 0. The Balaban J connectivity index is 1.99. The first kappa shape index (κ1) is 13.6. The minimum Gasteiger partial charge on any atom is -0.465 e. The Kier molecular flexibility index (Phi) is 4.78. The molecule has 0 saturated carbocycles. The van der Waals surface area contributed by atoms with E-state index in [1.807, 2.05) is 19.1 Å². The molecule has 1 saturated heterocycles. The second kappa shape index (κ2) is 6.34. The average molecular weight is 312 g/mol. The van der Waals surface area contributed by atoms with Crippen molar-refractivity contribution in [1.29, 1.82) is 0 Å². The smallest absolute Gasteiger partial charge is 0.323 e. The zero-order chi connectivity index (χ0) is 13.0. The maximum atomic E-state index is 11.8. The van der Waals surface area contributed by atoms with Crippen molar-refractivity contribution < 1.29 is 9.53 Å². The Bertz CT molecular complexity index is 405. The number of hydrogen-bond donors (Lipinski definition) is 0. The van der Waals surface area contributed by atoms with Crippen molar-refractivity contribution in [2.75, 3.05) is 13.2 Å². The molecule has 1 atom stereocenters. The molecule has 0 bridgehead atoms. The van der Waals surface area contributed by atoms with Crippen molar-refractivity contribution >= 4 is 21.9 Å². The Labute approximate surface area is 116 Å². The Morgan fingerprint density at radius 3 is 2.83 bits per heavy atom. The predicted molar refractivity (Wildman–Crippen MR) is 74.2 cm³/mol. The second-order valence-electron chi connectivity index (χ2n) is 4.51. The highest BCUT2D eigenvalue weighted by Gasteiger charge is 2.31. The van der Waals surface area contributed by atoms with Crippen molar-refractivity contribution in [2.45, 2.75) is 32.4 Å². The highest BCUT2D eigenvalue weighted by atomic mass is 79.9. The van der Waals surface area contributed by atoms with Gasteiger partial charge >= 0.3 is 5.97 Å². The van der Waals surface area contributed by atoms with Crippen LogP contribution in [-0.2, 0) is 16.1 Å². The van der Waals surface area contributed by atoms with Gasteiger partial charge in [0.1, 0.15) is 6.04 Å². The molecule has 0 aromatic heterocycles. The summed E-state index contributed by atoms with van der Waals surface area (Å²) < 4.78 is 6.20. The third-order valence-corrected chi connectivity index (χ3v) is 3.75. The molecule has 0 spiro atoms. The van der Waals surface area contributed by atoms with Crippen LogP contribution in [0.15, 0.2) is 28.7 Å². The van der Waals surface area contributed by atoms with Crippen LogP contribution in [0, 0.1) is 0 Å². The quantitative estimate of drug-likeness (QED) is 0.801. The third-order valence-electron chi connectivity index (χ3n) is 3.22. The monoisotopic (exact) mass is 311 g/mol. The third kappa shape index (κ3) is 3.33. The number of halogens is 1. The standard InChI is InChI=1S/C14H18BrNO2/c1-2-18-14(17)13-4-3-9-16(13)10-11-5-7-12(15)8-6-11/h5-8,13H,2-4,9-10H2,1H3. The fourth-order valence-corrected chi connectivity index (χ4v) is 2.61. The van der Waals surface area contributed by atoms with E-state index in [2.05, 4.69) is 33.0 Å². The van der Waals surface area contributed by atoms with Crippen molar-refractivity contribution in [1.82, 2.24) is 4.90 Å². The first-order valence-corrected chi connectivity index (χ1v) is 7.15. The van der Waals surface area contributed by atoms with Gasteiger partial charge in [-0.05, 0) is 44.0 Å². The topological polar surface area (TPSA) is 29.5 Å². The van der Waals surface area contributed by atoms with Gasteiger partial charge in [0.2, 0.25) is 0 Å². The molecule has 0 radical (unpaired) electrons. The minimum absolute atomic E-state index is 0.0615. The molecule has 3 nitrogen and oxygen atoms in total. The summed E-state index contributed by atoms with van der Waals surface area (Å²) in [5, 5.41) is 0. The molecule has 1 unspecified atom stereocenters. The molecule has 1 fully saturated rings. The van der Waals surface area contributed by atoms with Crippen molar-refractivity contribution in [3.05, 3.63) is 34.3 Å². The van der Waals surface area contributed by atoms with E-state index in [9.17, 15) is 4.79 Å². The summed E-state index contributed by atoms with van der Waals surface area (Å²) in [6.45, 7) is 4.10. The highest BCUT2D eigenvalue weighted by molar-refractivity contribution is 9.10. The molecule has 1 heterocycles. The van der Waals surface area contributed by atoms with Crippen LogP contribution in [0.1, 0.15) is 25.3 Å². The minimum atomic E-state index is -0.0767. The number of ether oxygens (including phenoxy) is 1. The van der Waals surface area contributed by atoms with Gasteiger partial charge in [-0.3, -0.25) is 9.69 Å². The number of rotatable bonds is 4. The van der Waals surface area contributed by atoms with Gasteiger partial charge in [0.05, 0.1) is 6.61 Å². The van der Waals surface area contributed by atoms with Crippen molar-refractivity contribution in [3.8, 4) is 0 Å². The maximum Gasteiger partial charge on any atom is 0.323 e. The summed E-state index contributed by atoms with van der Waals surface area (Å²) in [5.74, 6) is -0.0767. The molecule has 1 aromatic rings. The van der Waals surface area contributed by atoms with E-state index in [-0.39, 0.29) is 12.0 Å². The van der Waals surface area contributed by atoms with Gasteiger partial charge in [0.15, 0.2) is 0 Å².